The van der Waals surface area contributed by atoms with Gasteiger partial charge in [-0.1, -0.05) is 6.92 Å². The molecule has 0 aromatic rings. The van der Waals surface area contributed by atoms with Gasteiger partial charge in [-0.3, -0.25) is 0 Å². The molecule has 0 aliphatic carbocycles. The molecule has 0 aromatic heterocycles. The molecule has 0 N–H and O–H groups in total. The van der Waals surface area contributed by atoms with Crippen LogP contribution in [0.5, 0.6) is 0 Å². The van der Waals surface area contributed by atoms with Gasteiger partial charge in [0.15, 0.2) is 0 Å². The zero-order valence-corrected chi connectivity index (χ0v) is 3.84. The van der Waals surface area contributed by atoms with E-state index in [4.69, 9.17) is 0 Å². The van der Waals surface area contributed by atoms with Crippen LogP contribution in [0, 0.1) is 0 Å². The highest BCUT2D eigenvalue weighted by Crippen LogP contribution is 1.55. The van der Waals surface area contributed by atoms with Gasteiger partial charge in [0, 0.05) is 0 Å². The summed E-state index contributed by atoms with van der Waals surface area (Å²) in [4.78, 5) is 0. The molecule has 0 aromatic carbocycles. The zero-order chi connectivity index (χ0) is 4.12. The van der Waals surface area contributed by atoms with Crippen molar-refractivity contribution in [1.82, 2.24) is 0 Å². The highest BCUT2D eigenvalue weighted by Gasteiger charge is 1.55. The summed E-state index contributed by atoms with van der Waals surface area (Å²) in [7, 11) is 0. The summed E-state index contributed by atoms with van der Waals surface area (Å²) >= 11 is 0.402. The zero-order valence-electron chi connectivity index (χ0n) is 3.02. The van der Waals surface area contributed by atoms with Crippen molar-refractivity contribution < 1.29 is 4.21 Å². The molecule has 0 spiro atoms. The molecule has 2 heteroatoms. The largest absolute Gasteiger partial charge is 0.212 e. The number of hydrogen-bond donors (Lipinski definition) is 0. The fourth-order valence-corrected chi connectivity index (χ4v) is 0.177. The smallest absolute Gasteiger partial charge is 0.0932 e. The van der Waals surface area contributed by atoms with Crippen LogP contribution in [0.2, 0.25) is 0 Å². The van der Waals surface area contributed by atoms with Gasteiger partial charge >= 0.3 is 0 Å². The molecule has 29 valence electrons. The third kappa shape index (κ3) is 3.89. The van der Waals surface area contributed by atoms with Crippen molar-refractivity contribution in [2.24, 2.45) is 0 Å². The molecule has 0 amide bonds. The first kappa shape index (κ1) is 4.89. The van der Waals surface area contributed by atoms with E-state index in [0.717, 1.165) is 6.42 Å². The summed E-state index contributed by atoms with van der Waals surface area (Å²) in [6, 6.07) is 0. The molecule has 0 unspecified atom stereocenters. The van der Waals surface area contributed by atoms with Gasteiger partial charge in [-0.05, 0) is 6.42 Å². The first-order valence-electron chi connectivity index (χ1n) is 1.43. The SMILES string of the molecule is CC[C]=S=O. The van der Waals surface area contributed by atoms with Gasteiger partial charge in [0.2, 0.25) is 0 Å². The van der Waals surface area contributed by atoms with E-state index < -0.39 is 0 Å². The van der Waals surface area contributed by atoms with E-state index in [1.807, 2.05) is 6.92 Å². The van der Waals surface area contributed by atoms with E-state index in [9.17, 15) is 4.21 Å². The van der Waals surface area contributed by atoms with Crippen molar-refractivity contribution in [2.45, 2.75) is 13.3 Å². The van der Waals surface area contributed by atoms with E-state index in [2.05, 4.69) is 5.37 Å². The normalized spacial score (nSPS) is 6.60. The minimum Gasteiger partial charge on any atom is -0.212 e. The maximum Gasteiger partial charge on any atom is 0.0932 e. The van der Waals surface area contributed by atoms with Gasteiger partial charge in [-0.2, -0.15) is 0 Å². The molecule has 1 radical (unpaired) electrons. The van der Waals surface area contributed by atoms with Crippen LogP contribution < -0.4 is 0 Å². The van der Waals surface area contributed by atoms with E-state index >= 15 is 0 Å². The Kier molecular flexibility index (Phi) is 3.80. The lowest BCUT2D eigenvalue weighted by Gasteiger charge is -1.53. The van der Waals surface area contributed by atoms with Crippen LogP contribution in [0.15, 0.2) is 0 Å². The van der Waals surface area contributed by atoms with Crippen LogP contribution >= 0.6 is 0 Å². The summed E-state index contributed by atoms with van der Waals surface area (Å²) in [5.41, 5.74) is 0. The summed E-state index contributed by atoms with van der Waals surface area (Å²) in [6.07, 6.45) is 0.744. The minimum atomic E-state index is 0.402. The van der Waals surface area contributed by atoms with Crippen LogP contribution in [-0.4, -0.2) is 9.58 Å². The predicted molar refractivity (Wildman–Crippen MR) is 23.4 cm³/mol. The van der Waals surface area contributed by atoms with Crippen molar-refractivity contribution in [3.63, 3.8) is 0 Å². The molecule has 0 rings (SSSR count). The van der Waals surface area contributed by atoms with Gasteiger partial charge in [0.1, 0.15) is 0 Å². The molecule has 0 bridgehead atoms. The summed E-state index contributed by atoms with van der Waals surface area (Å²) in [6.45, 7) is 1.88. The first-order chi connectivity index (χ1) is 2.41. The van der Waals surface area contributed by atoms with Crippen LogP contribution in [0.3, 0.4) is 0 Å². The molecule has 5 heavy (non-hydrogen) atoms. The van der Waals surface area contributed by atoms with E-state index in [1.54, 1.807) is 0 Å². The Morgan fingerprint density at radius 1 is 2.00 bits per heavy atom. The van der Waals surface area contributed by atoms with Gasteiger partial charge in [-0.15, -0.1) is 0 Å². The molecular weight excluding hydrogens is 84.1 g/mol. The second kappa shape index (κ2) is 3.89. The van der Waals surface area contributed by atoms with E-state index in [0.29, 0.717) is 11.3 Å². The monoisotopic (exact) mass is 89.0 g/mol. The third-order valence-corrected chi connectivity index (χ3v) is 0.610. The highest BCUT2D eigenvalue weighted by molar-refractivity contribution is 7.64. The topological polar surface area (TPSA) is 17.1 Å². The maximum absolute atomic E-state index is 9.34. The Morgan fingerprint density at radius 2 is 2.60 bits per heavy atom. The van der Waals surface area contributed by atoms with Crippen LogP contribution in [0.4, 0.5) is 0 Å². The first-order valence-corrected chi connectivity index (χ1v) is 2.17. The average molecular weight is 89.1 g/mol. The van der Waals surface area contributed by atoms with Crippen molar-refractivity contribution in [2.75, 3.05) is 0 Å². The predicted octanol–water partition coefficient (Wildman–Crippen LogP) is 0.289. The van der Waals surface area contributed by atoms with Crippen molar-refractivity contribution in [3.05, 3.63) is 0 Å². The Morgan fingerprint density at radius 3 is 2.60 bits per heavy atom. The van der Waals surface area contributed by atoms with Crippen molar-refractivity contribution in [3.8, 4) is 0 Å². The second-order valence-corrected chi connectivity index (χ2v) is 1.04. The Balaban J connectivity index is 2.93. The summed E-state index contributed by atoms with van der Waals surface area (Å²) in [5.74, 6) is 0. The molecule has 0 saturated heterocycles. The minimum absolute atomic E-state index is 0.402. The number of hydrogen-bond acceptors (Lipinski definition) is 1. The van der Waals surface area contributed by atoms with E-state index in [1.165, 1.54) is 0 Å². The molecule has 0 aliphatic heterocycles. The highest BCUT2D eigenvalue weighted by atomic mass is 32.1. The quantitative estimate of drug-likeness (QED) is 0.422. The average Bonchev–Trinajstić information content (AvgIpc) is 1.41. The molecular formula is C3H5OS. The Bertz CT molecular complexity index is 53.9. The molecule has 0 aliphatic rings. The standard InChI is InChI=1S/C3H5OS/c1-2-3-5-4/h2H2,1H3. The lowest BCUT2D eigenvalue weighted by Crippen LogP contribution is -1.58. The molecule has 0 atom stereocenters. The summed E-state index contributed by atoms with van der Waals surface area (Å²) in [5, 5.41) is 2.47. The molecule has 0 fully saturated rings. The van der Waals surface area contributed by atoms with Crippen molar-refractivity contribution in [1.29, 1.82) is 0 Å². The van der Waals surface area contributed by atoms with Gasteiger partial charge in [0.25, 0.3) is 0 Å². The van der Waals surface area contributed by atoms with Gasteiger partial charge in [0.05, 0.1) is 16.6 Å². The lowest BCUT2D eigenvalue weighted by molar-refractivity contribution is 0.701. The lowest BCUT2D eigenvalue weighted by atomic mass is 10.6. The van der Waals surface area contributed by atoms with Crippen molar-refractivity contribution >= 4 is 16.6 Å². The Labute approximate surface area is 35.1 Å². The molecule has 0 heterocycles. The van der Waals surface area contributed by atoms with Crippen LogP contribution in [0.1, 0.15) is 13.3 Å². The molecule has 1 nitrogen and oxygen atoms in total. The fourth-order valence-electron chi connectivity index (χ4n) is 0.0589. The van der Waals surface area contributed by atoms with Gasteiger partial charge < -0.3 is 0 Å². The summed E-state index contributed by atoms with van der Waals surface area (Å²) < 4.78 is 9.34. The van der Waals surface area contributed by atoms with Gasteiger partial charge in [-0.25, -0.2) is 4.21 Å². The number of rotatable bonds is 1. The fraction of sp³-hybridized carbons (Fsp3) is 0.667. The maximum atomic E-state index is 9.34. The second-order valence-electron chi connectivity index (χ2n) is 0.581. The Hall–Kier alpha value is -0.110. The van der Waals surface area contributed by atoms with Crippen LogP contribution in [-0.2, 0) is 11.3 Å². The van der Waals surface area contributed by atoms with Crippen LogP contribution in [0.25, 0.3) is 0 Å². The van der Waals surface area contributed by atoms with E-state index in [-0.39, 0.29) is 0 Å². The third-order valence-electron chi connectivity index (χ3n) is 0.203. The molecule has 0 saturated carbocycles.